The van der Waals surface area contributed by atoms with Gasteiger partial charge in [0.05, 0.1) is 18.8 Å². The maximum atomic E-state index is 15.4. The molecule has 1 aromatic rings. The van der Waals surface area contributed by atoms with Crippen LogP contribution in [-0.4, -0.2) is 75.3 Å². The summed E-state index contributed by atoms with van der Waals surface area (Å²) in [6.07, 6.45) is -1.92. The van der Waals surface area contributed by atoms with E-state index in [1.807, 2.05) is 0 Å². The molecule has 0 radical (unpaired) electrons. The molecule has 3 amide bonds. The molecule has 13 heteroatoms. The lowest BCUT2D eigenvalue weighted by Crippen LogP contribution is -2.53. The number of rotatable bonds is 2. The van der Waals surface area contributed by atoms with Gasteiger partial charge in [-0.1, -0.05) is 11.8 Å². The molecule has 1 saturated heterocycles. The van der Waals surface area contributed by atoms with E-state index in [0.29, 0.717) is 31.2 Å². The van der Waals surface area contributed by atoms with Gasteiger partial charge in [0.25, 0.3) is 0 Å². The molecule has 1 aromatic carbocycles. The topological polar surface area (TPSA) is 124 Å². The minimum Gasteiger partial charge on any atom is -0.443 e. The molecule has 3 aliphatic rings. The van der Waals surface area contributed by atoms with Gasteiger partial charge in [-0.25, -0.2) is 23.4 Å². The highest BCUT2D eigenvalue weighted by Crippen LogP contribution is 2.67. The number of aliphatic imine (C=N–C) groups is 1. The lowest BCUT2D eigenvalue weighted by atomic mass is 9.85. The molecule has 2 aliphatic heterocycles. The Kier molecular flexibility index (Phi) is 7.63. The fraction of sp³-hybridized carbons (Fsp3) is 0.630. The van der Waals surface area contributed by atoms with Crippen molar-refractivity contribution in [2.45, 2.75) is 76.4 Å². The summed E-state index contributed by atoms with van der Waals surface area (Å²) in [5.41, 5.74) is 2.12. The summed E-state index contributed by atoms with van der Waals surface area (Å²) in [7, 11) is 0. The molecule has 10 nitrogen and oxygen atoms in total. The van der Waals surface area contributed by atoms with Crippen LogP contribution in [0.3, 0.4) is 0 Å². The van der Waals surface area contributed by atoms with Crippen molar-refractivity contribution in [3.05, 3.63) is 29.3 Å². The smallest absolute Gasteiger partial charge is 0.426 e. The summed E-state index contributed by atoms with van der Waals surface area (Å²) in [5.74, 6) is -3.19. The van der Waals surface area contributed by atoms with Crippen LogP contribution in [0.5, 0.6) is 0 Å². The van der Waals surface area contributed by atoms with Gasteiger partial charge in [-0.15, -0.1) is 0 Å². The summed E-state index contributed by atoms with van der Waals surface area (Å²) in [6, 6.07) is 2.13. The number of carbonyl (C=O) groups is 3. The molecule has 0 unspecified atom stereocenters. The molecule has 0 bridgehead atoms. The summed E-state index contributed by atoms with van der Waals surface area (Å²) in [6.45, 7) is 12.7. The number of ether oxygens (including phenoxy) is 3. The number of nitrogen functional groups attached to an aromatic ring is 1. The zero-order chi connectivity index (χ0) is 29.8. The molecule has 1 aliphatic carbocycles. The average Bonchev–Trinajstić information content (AvgIpc) is 3.56. The molecule has 220 valence electrons. The first kappa shape index (κ1) is 30.0. The first-order valence-electron chi connectivity index (χ1n) is 13.0. The molecule has 1 saturated carbocycles. The van der Waals surface area contributed by atoms with E-state index in [0.717, 1.165) is 17.8 Å². The second-order valence-electron chi connectivity index (χ2n) is 12.4. The minimum atomic E-state index is -1.56. The number of hydrogen-bond donors (Lipinski definition) is 1. The highest BCUT2D eigenvalue weighted by atomic mass is 32.2. The van der Waals surface area contributed by atoms with Crippen molar-refractivity contribution >= 4 is 40.7 Å². The van der Waals surface area contributed by atoms with E-state index in [1.54, 1.807) is 53.4 Å². The molecular weight excluding hydrogens is 546 g/mol. The zero-order valence-corrected chi connectivity index (χ0v) is 24.6. The Hall–Kier alpha value is -2.93. The van der Waals surface area contributed by atoms with Gasteiger partial charge in [-0.05, 0) is 67.0 Å². The summed E-state index contributed by atoms with van der Waals surface area (Å²) in [4.78, 5) is 47.8. The predicted octanol–water partition coefficient (Wildman–Crippen LogP) is 4.65. The number of carbonyl (C=O) groups excluding carboxylic acids is 3. The van der Waals surface area contributed by atoms with Crippen LogP contribution in [0.15, 0.2) is 17.1 Å². The van der Waals surface area contributed by atoms with E-state index < -0.39 is 51.2 Å². The van der Waals surface area contributed by atoms with Crippen molar-refractivity contribution in [2.75, 3.05) is 32.0 Å². The molecule has 0 aromatic heterocycles. The van der Waals surface area contributed by atoms with E-state index >= 15 is 4.39 Å². The number of fused-ring (bicyclic) bond motifs is 1. The third-order valence-corrected chi connectivity index (χ3v) is 8.24. The van der Waals surface area contributed by atoms with Crippen LogP contribution < -0.4 is 5.73 Å². The Morgan fingerprint density at radius 3 is 2.15 bits per heavy atom. The molecule has 0 spiro atoms. The van der Waals surface area contributed by atoms with E-state index in [1.165, 1.54) is 6.07 Å². The van der Waals surface area contributed by atoms with Gasteiger partial charge in [-0.2, -0.15) is 4.90 Å². The SMILES string of the molecule is CC(C)(C)OC(=O)N(C(=O)OC(C)(C)C)C1=N[C@](C)(c2cc(N)cc(F)c2F)[C@@H]2C[C@]2(C(=O)N2CCOCC2)S1. The monoisotopic (exact) mass is 582 g/mol. The Morgan fingerprint density at radius 2 is 1.62 bits per heavy atom. The number of thioether (sulfide) groups is 1. The van der Waals surface area contributed by atoms with Gasteiger partial charge in [0.1, 0.15) is 15.9 Å². The number of hydrogen-bond acceptors (Lipinski definition) is 9. The van der Waals surface area contributed by atoms with Crippen LogP contribution in [0.25, 0.3) is 0 Å². The molecular formula is C27H36F2N4O6S. The van der Waals surface area contributed by atoms with Crippen molar-refractivity contribution < 1.29 is 37.4 Å². The number of halogens is 2. The second kappa shape index (κ2) is 10.2. The minimum absolute atomic E-state index is 0.0352. The van der Waals surface area contributed by atoms with Crippen molar-refractivity contribution in [2.24, 2.45) is 10.9 Å². The van der Waals surface area contributed by atoms with Crippen LogP contribution >= 0.6 is 11.8 Å². The first-order chi connectivity index (χ1) is 18.4. The molecule has 3 atom stereocenters. The van der Waals surface area contributed by atoms with Crippen LogP contribution in [0, 0.1) is 17.6 Å². The molecule has 2 heterocycles. The summed E-state index contributed by atoms with van der Waals surface area (Å²) >= 11 is 0.932. The van der Waals surface area contributed by atoms with Gasteiger partial charge in [0, 0.05) is 30.3 Å². The van der Waals surface area contributed by atoms with Crippen LogP contribution in [-0.2, 0) is 24.5 Å². The third kappa shape index (κ3) is 5.76. The predicted molar refractivity (Wildman–Crippen MR) is 146 cm³/mol. The van der Waals surface area contributed by atoms with Crippen LogP contribution in [0.4, 0.5) is 24.1 Å². The molecule has 2 fully saturated rings. The molecule has 2 N–H and O–H groups in total. The lowest BCUT2D eigenvalue weighted by Gasteiger charge is -2.39. The standard InChI is InChI=1S/C27H36F2N4O6S/c1-24(2,3)38-22(35)33(23(36)39-25(4,5)6)21-31-26(7,16-12-15(30)13-17(28)19(16)29)18-14-27(18,40-21)20(34)32-8-10-37-11-9-32/h12-13,18H,8-11,14,30H2,1-7H3/t18-,26+,27-/m0/s1. The Labute approximate surface area is 236 Å². The number of nitrogens with two attached hydrogens (primary N) is 1. The Morgan fingerprint density at radius 1 is 1.07 bits per heavy atom. The highest BCUT2D eigenvalue weighted by Gasteiger charge is 2.72. The van der Waals surface area contributed by atoms with E-state index in [4.69, 9.17) is 19.9 Å². The van der Waals surface area contributed by atoms with Gasteiger partial charge in [0.15, 0.2) is 16.8 Å². The Bertz CT molecular complexity index is 1230. The normalized spacial score (nSPS) is 26.4. The van der Waals surface area contributed by atoms with Crippen molar-refractivity contribution in [3.63, 3.8) is 0 Å². The maximum absolute atomic E-state index is 15.4. The largest absolute Gasteiger partial charge is 0.443 e. The summed E-state index contributed by atoms with van der Waals surface area (Å²) < 4.78 is 45.1. The van der Waals surface area contributed by atoms with E-state index in [9.17, 15) is 18.8 Å². The number of imide groups is 1. The van der Waals surface area contributed by atoms with Gasteiger partial charge in [-0.3, -0.25) is 4.79 Å². The number of morpholine rings is 1. The molecule has 4 rings (SSSR count). The van der Waals surface area contributed by atoms with Crippen LogP contribution in [0.2, 0.25) is 0 Å². The second-order valence-corrected chi connectivity index (χ2v) is 13.7. The van der Waals surface area contributed by atoms with Gasteiger partial charge < -0.3 is 24.8 Å². The van der Waals surface area contributed by atoms with Crippen molar-refractivity contribution in [3.8, 4) is 0 Å². The fourth-order valence-corrected chi connectivity index (χ4v) is 6.59. The third-order valence-electron chi connectivity index (χ3n) is 6.79. The van der Waals surface area contributed by atoms with E-state index in [-0.39, 0.29) is 28.7 Å². The number of amidine groups is 1. The Balaban J connectivity index is 1.88. The van der Waals surface area contributed by atoms with Crippen molar-refractivity contribution in [1.82, 2.24) is 9.80 Å². The van der Waals surface area contributed by atoms with Gasteiger partial charge >= 0.3 is 12.2 Å². The maximum Gasteiger partial charge on any atom is 0.426 e. The van der Waals surface area contributed by atoms with Gasteiger partial charge in [0.2, 0.25) is 5.91 Å². The number of nitrogens with zero attached hydrogens (tertiary/aromatic N) is 3. The lowest BCUT2D eigenvalue weighted by molar-refractivity contribution is -0.136. The average molecular weight is 583 g/mol. The highest BCUT2D eigenvalue weighted by molar-refractivity contribution is 8.16. The number of amides is 3. The number of anilines is 1. The fourth-order valence-electron chi connectivity index (χ4n) is 4.95. The quantitative estimate of drug-likeness (QED) is 0.500. The first-order valence-corrected chi connectivity index (χ1v) is 13.9. The van der Waals surface area contributed by atoms with Crippen LogP contribution in [0.1, 0.15) is 60.5 Å². The van der Waals surface area contributed by atoms with Crippen molar-refractivity contribution in [1.29, 1.82) is 0 Å². The van der Waals surface area contributed by atoms with E-state index in [2.05, 4.69) is 4.99 Å². The number of benzene rings is 1. The zero-order valence-electron chi connectivity index (χ0n) is 23.8. The summed E-state index contributed by atoms with van der Waals surface area (Å²) in [5, 5.41) is -0.219. The molecule has 40 heavy (non-hydrogen) atoms.